The molecule has 0 aromatic carbocycles. The Morgan fingerprint density at radius 3 is 2.59 bits per heavy atom. The van der Waals surface area contributed by atoms with Crippen molar-refractivity contribution in [2.75, 3.05) is 0 Å². The Labute approximate surface area is 165 Å². The second-order valence-electron chi connectivity index (χ2n) is 6.67. The van der Waals surface area contributed by atoms with Crippen molar-refractivity contribution in [1.82, 2.24) is 15.0 Å². The number of rotatable bonds is 3. The zero-order valence-electron chi connectivity index (χ0n) is 15.7. The number of fused-ring (bicyclic) bond motifs is 1. The molecule has 3 aromatic heterocycles. The number of carbonyl (C=O) groups is 1. The van der Waals surface area contributed by atoms with Crippen molar-refractivity contribution < 1.29 is 22.4 Å². The van der Waals surface area contributed by atoms with Gasteiger partial charge in [-0.25, -0.2) is 9.37 Å². The molecule has 2 N–H and O–H groups in total. The van der Waals surface area contributed by atoms with E-state index in [1.54, 1.807) is 6.07 Å². The molecule has 1 amide bonds. The van der Waals surface area contributed by atoms with Crippen LogP contribution < -0.4 is 5.73 Å². The van der Waals surface area contributed by atoms with Crippen molar-refractivity contribution in [3.05, 3.63) is 65.3 Å². The third kappa shape index (κ3) is 5.18. The average molecular weight is 404 g/mol. The second kappa shape index (κ2) is 8.42. The highest BCUT2D eigenvalue weighted by Gasteiger charge is 2.27. The molecule has 9 heteroatoms. The van der Waals surface area contributed by atoms with Gasteiger partial charge in [-0.2, -0.15) is 8.78 Å². The number of halogens is 3. The van der Waals surface area contributed by atoms with E-state index in [1.165, 1.54) is 18.5 Å². The number of carbonyl (C=O) groups excluding carboxylic acids is 1. The Bertz CT molecular complexity index is 991. The van der Waals surface area contributed by atoms with E-state index in [-0.39, 0.29) is 11.3 Å². The van der Waals surface area contributed by atoms with Crippen LogP contribution in [-0.2, 0) is 18.8 Å². The maximum Gasteiger partial charge on any atom is 0.286 e. The summed E-state index contributed by atoms with van der Waals surface area (Å²) in [7, 11) is 0. The number of nitrogens with two attached hydrogens (primary N) is 1. The van der Waals surface area contributed by atoms with E-state index < -0.39 is 17.6 Å². The summed E-state index contributed by atoms with van der Waals surface area (Å²) in [6, 6.07) is 4.03. The van der Waals surface area contributed by atoms with Gasteiger partial charge in [0.15, 0.2) is 0 Å². The number of aryl methyl sites for hydroxylation is 2. The first kappa shape index (κ1) is 20.5. The van der Waals surface area contributed by atoms with Crippen molar-refractivity contribution in [1.29, 1.82) is 0 Å². The average Bonchev–Trinajstić information content (AvgIpc) is 3.12. The van der Waals surface area contributed by atoms with Crippen LogP contribution in [0.3, 0.4) is 0 Å². The lowest BCUT2D eigenvalue weighted by molar-refractivity contribution is 0.0128. The van der Waals surface area contributed by atoms with E-state index in [0.717, 1.165) is 56.3 Å². The normalized spacial score (nSPS) is 13.2. The van der Waals surface area contributed by atoms with Crippen molar-refractivity contribution in [2.45, 2.75) is 38.5 Å². The van der Waals surface area contributed by atoms with Gasteiger partial charge in [0.25, 0.3) is 5.92 Å². The van der Waals surface area contributed by atoms with E-state index in [1.807, 2.05) is 0 Å². The number of nitrogens with zero attached hydrogens (tertiary/aromatic N) is 3. The number of primary amides is 1. The summed E-state index contributed by atoms with van der Waals surface area (Å²) in [6.07, 6.45) is 7.57. The van der Waals surface area contributed by atoms with Gasteiger partial charge in [0.2, 0.25) is 11.8 Å². The summed E-state index contributed by atoms with van der Waals surface area (Å²) in [5.74, 6) is -2.88. The summed E-state index contributed by atoms with van der Waals surface area (Å²) in [5, 5.41) is 0. The summed E-state index contributed by atoms with van der Waals surface area (Å²) >= 11 is 0. The third-order valence-electron chi connectivity index (χ3n) is 4.29. The Morgan fingerprint density at radius 2 is 1.97 bits per heavy atom. The molecular weight excluding hydrogens is 385 g/mol. The minimum atomic E-state index is -2.96. The van der Waals surface area contributed by atoms with Crippen LogP contribution in [0.25, 0.3) is 11.5 Å². The summed E-state index contributed by atoms with van der Waals surface area (Å²) in [6.45, 7) is 0.833. The molecule has 6 nitrogen and oxygen atoms in total. The van der Waals surface area contributed by atoms with Gasteiger partial charge in [0, 0.05) is 31.3 Å². The van der Waals surface area contributed by atoms with Crippen LogP contribution in [0, 0.1) is 5.82 Å². The zero-order valence-corrected chi connectivity index (χ0v) is 15.7. The Hall–Kier alpha value is -3.23. The maximum atomic E-state index is 13.3. The Morgan fingerprint density at radius 1 is 1.21 bits per heavy atom. The van der Waals surface area contributed by atoms with Crippen LogP contribution in [0.1, 0.15) is 47.3 Å². The molecule has 3 heterocycles. The molecule has 0 bridgehead atoms. The molecule has 4 rings (SSSR count). The van der Waals surface area contributed by atoms with Crippen molar-refractivity contribution in [3.8, 4) is 11.5 Å². The van der Waals surface area contributed by atoms with Gasteiger partial charge in [0.05, 0.1) is 17.5 Å². The van der Waals surface area contributed by atoms with Crippen molar-refractivity contribution in [2.24, 2.45) is 5.73 Å². The number of aromatic nitrogens is 3. The Balaban J connectivity index is 0.000000204. The number of alkyl halides is 2. The minimum Gasteiger partial charge on any atom is -0.441 e. The molecule has 0 fully saturated rings. The number of amides is 1. The van der Waals surface area contributed by atoms with E-state index in [9.17, 15) is 18.0 Å². The van der Waals surface area contributed by atoms with Crippen molar-refractivity contribution in [3.63, 3.8) is 0 Å². The molecule has 0 aliphatic heterocycles. The molecule has 0 atom stereocenters. The smallest absolute Gasteiger partial charge is 0.286 e. The van der Waals surface area contributed by atoms with Crippen LogP contribution in [-0.4, -0.2) is 20.9 Å². The quantitative estimate of drug-likeness (QED) is 0.711. The topological polar surface area (TPSA) is 94.9 Å². The number of hydrogen-bond acceptors (Lipinski definition) is 5. The van der Waals surface area contributed by atoms with E-state index in [2.05, 4.69) is 15.0 Å². The minimum absolute atomic E-state index is 0.0833. The first-order valence-electron chi connectivity index (χ1n) is 8.97. The molecule has 3 aromatic rings. The first-order valence-corrected chi connectivity index (χ1v) is 8.97. The van der Waals surface area contributed by atoms with Gasteiger partial charge >= 0.3 is 0 Å². The fraction of sp³-hybridized carbons (Fsp3) is 0.300. The van der Waals surface area contributed by atoms with Crippen LogP contribution >= 0.6 is 0 Å². The molecule has 0 unspecified atom stereocenters. The highest BCUT2D eigenvalue weighted by molar-refractivity contribution is 5.92. The molecule has 0 saturated heterocycles. The summed E-state index contributed by atoms with van der Waals surface area (Å²) in [4.78, 5) is 21.9. The SMILES string of the molecule is CC(F)(F)c1cc(-c2nc3c(o2)CCCC3)ccn1.NC(=O)c1cncc(F)c1. The molecule has 29 heavy (non-hydrogen) atoms. The van der Waals surface area contributed by atoms with Crippen molar-refractivity contribution >= 4 is 5.91 Å². The molecule has 152 valence electrons. The third-order valence-corrected chi connectivity index (χ3v) is 4.29. The summed E-state index contributed by atoms with van der Waals surface area (Å²) in [5.41, 5.74) is 6.17. The van der Waals surface area contributed by atoms with Gasteiger partial charge in [-0.05, 0) is 37.5 Å². The van der Waals surface area contributed by atoms with Gasteiger partial charge in [-0.15, -0.1) is 0 Å². The first-order chi connectivity index (χ1) is 13.7. The molecule has 0 radical (unpaired) electrons. The van der Waals surface area contributed by atoms with E-state index in [4.69, 9.17) is 10.2 Å². The monoisotopic (exact) mass is 404 g/mol. The number of oxazole rings is 1. The lowest BCUT2D eigenvalue weighted by atomic mass is 10.0. The standard InChI is InChI=1S/C14H14F2N2O.C6H5FN2O/c1-14(15,16)12-8-9(6-7-17-12)13-18-10-4-2-3-5-11(10)19-13;7-5-1-4(6(8)10)2-9-3-5/h6-8H,2-5H2,1H3;1-3H,(H2,8,10). The highest BCUT2D eigenvalue weighted by atomic mass is 19.3. The van der Waals surface area contributed by atoms with E-state index in [0.29, 0.717) is 11.5 Å². The lowest BCUT2D eigenvalue weighted by Crippen LogP contribution is -2.11. The fourth-order valence-electron chi connectivity index (χ4n) is 2.83. The summed E-state index contributed by atoms with van der Waals surface area (Å²) < 4.78 is 44.5. The van der Waals surface area contributed by atoms with Crippen LogP contribution in [0.5, 0.6) is 0 Å². The second-order valence-corrected chi connectivity index (χ2v) is 6.67. The van der Waals surface area contributed by atoms with Crippen LogP contribution in [0.2, 0.25) is 0 Å². The van der Waals surface area contributed by atoms with Gasteiger partial charge < -0.3 is 10.2 Å². The van der Waals surface area contributed by atoms with E-state index >= 15 is 0 Å². The van der Waals surface area contributed by atoms with Gasteiger partial charge in [-0.3, -0.25) is 14.8 Å². The Kier molecular flexibility index (Phi) is 5.95. The number of pyridine rings is 2. The van der Waals surface area contributed by atoms with Crippen LogP contribution in [0.4, 0.5) is 13.2 Å². The highest BCUT2D eigenvalue weighted by Crippen LogP contribution is 2.31. The van der Waals surface area contributed by atoms with Gasteiger partial charge in [-0.1, -0.05) is 0 Å². The fourth-order valence-corrected chi connectivity index (χ4v) is 2.83. The zero-order chi connectivity index (χ0) is 21.0. The molecular formula is C20H19F3N4O2. The van der Waals surface area contributed by atoms with Gasteiger partial charge in [0.1, 0.15) is 17.3 Å². The molecule has 0 spiro atoms. The molecule has 1 aliphatic carbocycles. The predicted molar refractivity (Wildman–Crippen MR) is 98.7 cm³/mol. The maximum absolute atomic E-state index is 13.3. The molecule has 1 aliphatic rings. The largest absolute Gasteiger partial charge is 0.441 e. The lowest BCUT2D eigenvalue weighted by Gasteiger charge is -2.09. The number of hydrogen-bond donors (Lipinski definition) is 1. The predicted octanol–water partition coefficient (Wildman–Crippen LogP) is 4.05. The van der Waals surface area contributed by atoms with Crippen LogP contribution in [0.15, 0.2) is 41.2 Å². The molecule has 0 saturated carbocycles.